The van der Waals surface area contributed by atoms with E-state index in [1.54, 1.807) is 18.3 Å². The SMILES string of the molecule is CC(C)(C)Nc1cnc(C(=O)NCCc2ccc(Cl)cc2Cl)cn1. The molecule has 0 fully saturated rings. The summed E-state index contributed by atoms with van der Waals surface area (Å²) in [4.78, 5) is 20.4. The standard InChI is InChI=1S/C17H20Cl2N4O/c1-17(2,3)23-15-10-21-14(9-22-15)16(24)20-7-6-11-4-5-12(18)8-13(11)19/h4-5,8-10H,6-7H2,1-3H3,(H,20,24)(H,22,23). The molecule has 1 aromatic carbocycles. The predicted octanol–water partition coefficient (Wildman–Crippen LogP) is 3.97. The largest absolute Gasteiger partial charge is 0.364 e. The summed E-state index contributed by atoms with van der Waals surface area (Å²) in [6, 6.07) is 5.31. The third-order valence-electron chi connectivity index (χ3n) is 3.08. The third kappa shape index (κ3) is 5.65. The molecule has 0 aliphatic carbocycles. The molecule has 0 radical (unpaired) electrons. The monoisotopic (exact) mass is 366 g/mol. The topological polar surface area (TPSA) is 66.9 Å². The number of nitrogens with one attached hydrogen (secondary N) is 2. The Labute approximate surface area is 151 Å². The van der Waals surface area contributed by atoms with Gasteiger partial charge in [-0.3, -0.25) is 4.79 Å². The molecule has 0 atom stereocenters. The molecule has 1 heterocycles. The molecule has 128 valence electrons. The number of benzene rings is 1. The fraction of sp³-hybridized carbons (Fsp3) is 0.353. The van der Waals surface area contributed by atoms with Gasteiger partial charge in [0.05, 0.1) is 12.4 Å². The van der Waals surface area contributed by atoms with Crippen molar-refractivity contribution in [2.45, 2.75) is 32.7 Å². The van der Waals surface area contributed by atoms with Gasteiger partial charge in [0.15, 0.2) is 0 Å². The van der Waals surface area contributed by atoms with Gasteiger partial charge in [-0.25, -0.2) is 9.97 Å². The van der Waals surface area contributed by atoms with E-state index in [0.29, 0.717) is 28.8 Å². The quantitative estimate of drug-likeness (QED) is 0.839. The summed E-state index contributed by atoms with van der Waals surface area (Å²) in [5.74, 6) is 0.363. The highest BCUT2D eigenvalue weighted by Crippen LogP contribution is 2.21. The van der Waals surface area contributed by atoms with Crippen LogP contribution in [0.2, 0.25) is 10.0 Å². The third-order valence-corrected chi connectivity index (χ3v) is 3.67. The van der Waals surface area contributed by atoms with Gasteiger partial charge >= 0.3 is 0 Å². The number of carbonyl (C=O) groups is 1. The number of hydrogen-bond donors (Lipinski definition) is 2. The van der Waals surface area contributed by atoms with Crippen LogP contribution in [0.15, 0.2) is 30.6 Å². The molecule has 7 heteroatoms. The lowest BCUT2D eigenvalue weighted by molar-refractivity contribution is 0.0949. The molecule has 0 bridgehead atoms. The molecule has 1 amide bonds. The minimum Gasteiger partial charge on any atom is -0.364 e. The summed E-state index contributed by atoms with van der Waals surface area (Å²) in [6.07, 6.45) is 3.62. The lowest BCUT2D eigenvalue weighted by atomic mass is 10.1. The van der Waals surface area contributed by atoms with Crippen molar-refractivity contribution < 1.29 is 4.79 Å². The summed E-state index contributed by atoms with van der Waals surface area (Å²) in [5.41, 5.74) is 1.09. The Morgan fingerprint density at radius 3 is 2.50 bits per heavy atom. The van der Waals surface area contributed by atoms with Crippen LogP contribution in [0.3, 0.4) is 0 Å². The smallest absolute Gasteiger partial charge is 0.271 e. The van der Waals surface area contributed by atoms with E-state index < -0.39 is 0 Å². The maximum atomic E-state index is 12.1. The first kappa shape index (κ1) is 18.5. The maximum Gasteiger partial charge on any atom is 0.271 e. The zero-order chi connectivity index (χ0) is 17.7. The van der Waals surface area contributed by atoms with Gasteiger partial charge in [-0.2, -0.15) is 0 Å². The first-order valence-corrected chi connectivity index (χ1v) is 8.32. The molecule has 0 saturated heterocycles. The minimum absolute atomic E-state index is 0.115. The van der Waals surface area contributed by atoms with E-state index in [1.807, 2.05) is 26.8 Å². The van der Waals surface area contributed by atoms with E-state index in [1.165, 1.54) is 6.20 Å². The maximum absolute atomic E-state index is 12.1. The van der Waals surface area contributed by atoms with Crippen molar-refractivity contribution in [3.05, 3.63) is 51.9 Å². The lowest BCUT2D eigenvalue weighted by Gasteiger charge is -2.20. The van der Waals surface area contributed by atoms with Crippen molar-refractivity contribution in [3.63, 3.8) is 0 Å². The number of hydrogen-bond acceptors (Lipinski definition) is 4. The number of rotatable bonds is 5. The molecule has 5 nitrogen and oxygen atoms in total. The van der Waals surface area contributed by atoms with E-state index in [-0.39, 0.29) is 17.1 Å². The van der Waals surface area contributed by atoms with Gasteiger partial charge in [0.2, 0.25) is 0 Å². The Balaban J connectivity index is 1.88. The predicted molar refractivity (Wildman–Crippen MR) is 97.9 cm³/mol. The van der Waals surface area contributed by atoms with E-state index in [9.17, 15) is 4.79 Å². The number of aromatic nitrogens is 2. The van der Waals surface area contributed by atoms with Gasteiger partial charge in [-0.1, -0.05) is 29.3 Å². The van der Waals surface area contributed by atoms with Gasteiger partial charge in [0, 0.05) is 22.1 Å². The van der Waals surface area contributed by atoms with Crippen molar-refractivity contribution in [1.82, 2.24) is 15.3 Å². The molecule has 2 N–H and O–H groups in total. The van der Waals surface area contributed by atoms with Crippen LogP contribution in [-0.4, -0.2) is 28.0 Å². The minimum atomic E-state index is -0.269. The van der Waals surface area contributed by atoms with Gasteiger partial charge in [-0.05, 0) is 44.9 Å². The van der Waals surface area contributed by atoms with Gasteiger partial charge in [-0.15, -0.1) is 0 Å². The molecule has 0 unspecified atom stereocenters. The van der Waals surface area contributed by atoms with Crippen molar-refractivity contribution >= 4 is 34.9 Å². The summed E-state index contributed by atoms with van der Waals surface area (Å²) < 4.78 is 0. The van der Waals surface area contributed by atoms with Crippen molar-refractivity contribution in [2.24, 2.45) is 0 Å². The van der Waals surface area contributed by atoms with Crippen LogP contribution in [0.4, 0.5) is 5.82 Å². The lowest BCUT2D eigenvalue weighted by Crippen LogP contribution is -2.28. The Bertz CT molecular complexity index is 712. The zero-order valence-corrected chi connectivity index (χ0v) is 15.4. The molecule has 0 spiro atoms. The van der Waals surface area contributed by atoms with Crippen LogP contribution in [0.1, 0.15) is 36.8 Å². The van der Waals surface area contributed by atoms with E-state index in [4.69, 9.17) is 23.2 Å². The number of carbonyl (C=O) groups excluding carboxylic acids is 1. The second kappa shape index (κ2) is 7.81. The summed E-state index contributed by atoms with van der Waals surface area (Å²) in [6.45, 7) is 6.52. The average molecular weight is 367 g/mol. The highest BCUT2D eigenvalue weighted by Gasteiger charge is 2.12. The molecular weight excluding hydrogens is 347 g/mol. The summed E-state index contributed by atoms with van der Waals surface area (Å²) >= 11 is 12.0. The molecular formula is C17H20Cl2N4O. The van der Waals surface area contributed by atoms with Crippen LogP contribution in [0.5, 0.6) is 0 Å². The summed E-state index contributed by atoms with van der Waals surface area (Å²) in [7, 11) is 0. The van der Waals surface area contributed by atoms with Crippen LogP contribution < -0.4 is 10.6 Å². The second-order valence-electron chi connectivity index (χ2n) is 6.40. The van der Waals surface area contributed by atoms with Crippen molar-refractivity contribution in [2.75, 3.05) is 11.9 Å². The molecule has 0 aliphatic heterocycles. The molecule has 0 saturated carbocycles. The van der Waals surface area contributed by atoms with Crippen LogP contribution in [-0.2, 0) is 6.42 Å². The van der Waals surface area contributed by atoms with E-state index in [2.05, 4.69) is 20.6 Å². The van der Waals surface area contributed by atoms with Gasteiger partial charge < -0.3 is 10.6 Å². The molecule has 0 aliphatic rings. The number of halogens is 2. The number of anilines is 1. The molecule has 2 rings (SSSR count). The van der Waals surface area contributed by atoms with E-state index in [0.717, 1.165) is 5.56 Å². The van der Waals surface area contributed by atoms with Crippen molar-refractivity contribution in [1.29, 1.82) is 0 Å². The van der Waals surface area contributed by atoms with Crippen molar-refractivity contribution in [3.8, 4) is 0 Å². The average Bonchev–Trinajstić information content (AvgIpc) is 2.48. The Morgan fingerprint density at radius 2 is 1.92 bits per heavy atom. The second-order valence-corrected chi connectivity index (χ2v) is 7.25. The molecule has 2 aromatic rings. The Hall–Kier alpha value is -1.85. The molecule has 1 aromatic heterocycles. The fourth-order valence-electron chi connectivity index (χ4n) is 2.02. The first-order valence-electron chi connectivity index (χ1n) is 7.57. The van der Waals surface area contributed by atoms with E-state index >= 15 is 0 Å². The zero-order valence-electron chi connectivity index (χ0n) is 13.9. The fourth-order valence-corrected chi connectivity index (χ4v) is 2.52. The van der Waals surface area contributed by atoms with Crippen LogP contribution in [0.25, 0.3) is 0 Å². The summed E-state index contributed by atoms with van der Waals surface area (Å²) in [5, 5.41) is 7.18. The number of nitrogens with zero attached hydrogens (tertiary/aromatic N) is 2. The van der Waals surface area contributed by atoms with Crippen LogP contribution >= 0.6 is 23.2 Å². The molecule has 24 heavy (non-hydrogen) atoms. The Morgan fingerprint density at radius 1 is 1.17 bits per heavy atom. The first-order chi connectivity index (χ1) is 11.2. The number of amides is 1. The van der Waals surface area contributed by atoms with Gasteiger partial charge in [0.25, 0.3) is 5.91 Å². The highest BCUT2D eigenvalue weighted by molar-refractivity contribution is 6.35. The van der Waals surface area contributed by atoms with Crippen LogP contribution in [0, 0.1) is 0 Å². The Kier molecular flexibility index (Phi) is 6.02. The normalized spacial score (nSPS) is 11.2. The van der Waals surface area contributed by atoms with Gasteiger partial charge in [0.1, 0.15) is 11.5 Å². The highest BCUT2D eigenvalue weighted by atomic mass is 35.5.